The second-order valence-electron chi connectivity index (χ2n) is 3.76. The number of rotatable bonds is 4. The first-order valence-corrected chi connectivity index (χ1v) is 6.11. The second-order valence-corrected chi connectivity index (χ2v) is 5.09. The van der Waals surface area contributed by atoms with Gasteiger partial charge >= 0.3 is 5.97 Å². The molecule has 0 amide bonds. The number of aliphatic carboxylic acids is 1. The molecule has 0 radical (unpaired) electrons. The number of nitrogens with zero attached hydrogens (tertiary/aromatic N) is 1. The monoisotopic (exact) mass is 331 g/mol. The Hall–Kier alpha value is -1.33. The van der Waals surface area contributed by atoms with Crippen molar-refractivity contribution in [2.24, 2.45) is 0 Å². The molecule has 0 saturated carbocycles. The van der Waals surface area contributed by atoms with Crippen LogP contribution in [0, 0.1) is 0 Å². The summed E-state index contributed by atoms with van der Waals surface area (Å²) in [5, 5.41) is 9.24. The Balaban J connectivity index is 3.23. The minimum Gasteiger partial charge on any atom is -0.477 e. The Bertz CT molecular complexity index is 526. The zero-order valence-corrected chi connectivity index (χ0v) is 12.1. The van der Waals surface area contributed by atoms with E-state index >= 15 is 0 Å². The van der Waals surface area contributed by atoms with E-state index in [0.29, 0.717) is 0 Å². The van der Waals surface area contributed by atoms with Crippen LogP contribution in [-0.2, 0) is 4.79 Å². The van der Waals surface area contributed by atoms with Crippen molar-refractivity contribution in [3.63, 3.8) is 0 Å². The first-order valence-electron chi connectivity index (χ1n) is 4.94. The van der Waals surface area contributed by atoms with Gasteiger partial charge < -0.3 is 10.0 Å². The summed E-state index contributed by atoms with van der Waals surface area (Å²) in [6, 6.07) is 4.67. The number of carbonyl (C=O) groups excluding carboxylic acids is 1. The Labute approximate surface area is 118 Å². The van der Waals surface area contributed by atoms with Crippen molar-refractivity contribution in [3.8, 4) is 0 Å². The van der Waals surface area contributed by atoms with Gasteiger partial charge in [0.15, 0.2) is 0 Å². The highest BCUT2D eigenvalue weighted by molar-refractivity contribution is 9.10. The summed E-state index contributed by atoms with van der Waals surface area (Å²) in [5.74, 6) is -1.90. The van der Waals surface area contributed by atoms with Gasteiger partial charge in [-0.1, -0.05) is 27.5 Å². The quantitative estimate of drug-likeness (QED) is 0.399. The van der Waals surface area contributed by atoms with E-state index < -0.39 is 11.8 Å². The summed E-state index contributed by atoms with van der Waals surface area (Å²) in [6.45, 7) is 0. The van der Waals surface area contributed by atoms with Crippen LogP contribution in [0.2, 0.25) is 5.02 Å². The third-order valence-corrected chi connectivity index (χ3v) is 2.84. The topological polar surface area (TPSA) is 57.6 Å². The predicted molar refractivity (Wildman–Crippen MR) is 72.9 cm³/mol. The third kappa shape index (κ3) is 3.58. The van der Waals surface area contributed by atoms with Gasteiger partial charge in [-0.15, -0.1) is 0 Å². The average molecular weight is 333 g/mol. The van der Waals surface area contributed by atoms with Gasteiger partial charge in [-0.3, -0.25) is 4.79 Å². The number of carbonyl (C=O) groups is 2. The van der Waals surface area contributed by atoms with Crippen LogP contribution in [-0.4, -0.2) is 35.9 Å². The summed E-state index contributed by atoms with van der Waals surface area (Å²) >= 11 is 9.14. The van der Waals surface area contributed by atoms with Crippen LogP contribution in [0.4, 0.5) is 0 Å². The molecule has 0 spiro atoms. The second kappa shape index (κ2) is 6.02. The van der Waals surface area contributed by atoms with Crippen LogP contribution in [0.15, 0.2) is 34.4 Å². The van der Waals surface area contributed by atoms with Gasteiger partial charge in [0.2, 0.25) is 5.78 Å². The molecular formula is C12H11BrClNO3. The number of halogens is 2. The van der Waals surface area contributed by atoms with Crippen molar-refractivity contribution in [1.29, 1.82) is 0 Å². The maximum atomic E-state index is 12.1. The van der Waals surface area contributed by atoms with Crippen molar-refractivity contribution in [3.05, 3.63) is 45.0 Å². The SMILES string of the molecule is CN(C)/C=C(\C(=O)O)C(=O)c1ccc(Br)cc1Cl. The molecule has 4 nitrogen and oxygen atoms in total. The maximum absolute atomic E-state index is 12.1. The fraction of sp³-hybridized carbons (Fsp3) is 0.167. The molecule has 1 aromatic rings. The van der Waals surface area contributed by atoms with Crippen LogP contribution >= 0.6 is 27.5 Å². The largest absolute Gasteiger partial charge is 0.477 e. The third-order valence-electron chi connectivity index (χ3n) is 2.04. The van der Waals surface area contributed by atoms with Gasteiger partial charge in [0, 0.05) is 30.3 Å². The van der Waals surface area contributed by atoms with Crippen LogP contribution in [0.3, 0.4) is 0 Å². The Morgan fingerprint density at radius 3 is 2.44 bits per heavy atom. The molecule has 1 rings (SSSR count). The number of Topliss-reactive ketones (excluding diaryl/α,β-unsaturated/α-hetero) is 1. The molecular weight excluding hydrogens is 321 g/mol. The van der Waals surface area contributed by atoms with Crippen molar-refractivity contribution in [1.82, 2.24) is 4.90 Å². The molecule has 0 atom stereocenters. The summed E-state index contributed by atoms with van der Waals surface area (Å²) < 4.78 is 0.720. The van der Waals surface area contributed by atoms with Crippen LogP contribution in [0.1, 0.15) is 10.4 Å². The first-order chi connectivity index (χ1) is 8.32. The van der Waals surface area contributed by atoms with E-state index in [1.807, 2.05) is 0 Å². The van der Waals surface area contributed by atoms with Gasteiger partial charge in [0.05, 0.1) is 5.02 Å². The van der Waals surface area contributed by atoms with Crippen molar-refractivity contribution in [2.75, 3.05) is 14.1 Å². The lowest BCUT2D eigenvalue weighted by atomic mass is 10.0. The van der Waals surface area contributed by atoms with Crippen LogP contribution < -0.4 is 0 Å². The highest BCUT2D eigenvalue weighted by Crippen LogP contribution is 2.23. The molecule has 0 aliphatic heterocycles. The molecule has 96 valence electrons. The Morgan fingerprint density at radius 2 is 2.00 bits per heavy atom. The fourth-order valence-electron chi connectivity index (χ4n) is 1.29. The number of benzene rings is 1. The minimum atomic E-state index is -1.28. The number of hydrogen-bond acceptors (Lipinski definition) is 3. The lowest BCUT2D eigenvalue weighted by Crippen LogP contribution is -2.17. The van der Waals surface area contributed by atoms with E-state index in [9.17, 15) is 9.59 Å². The molecule has 18 heavy (non-hydrogen) atoms. The first kappa shape index (κ1) is 14.7. The molecule has 1 N–H and O–H groups in total. The lowest BCUT2D eigenvalue weighted by Gasteiger charge is -2.09. The van der Waals surface area contributed by atoms with E-state index in [1.165, 1.54) is 17.2 Å². The van der Waals surface area contributed by atoms with Gasteiger partial charge in [-0.2, -0.15) is 0 Å². The van der Waals surface area contributed by atoms with E-state index in [-0.39, 0.29) is 16.2 Å². The molecule has 0 aliphatic rings. The predicted octanol–water partition coefficient (Wildman–Crippen LogP) is 2.82. The number of ketones is 1. The molecule has 0 saturated heterocycles. The molecule has 0 fully saturated rings. The van der Waals surface area contributed by atoms with Gasteiger partial charge in [0.25, 0.3) is 0 Å². The van der Waals surface area contributed by atoms with E-state index in [0.717, 1.165) is 4.47 Å². The molecule has 0 aliphatic carbocycles. The lowest BCUT2D eigenvalue weighted by molar-refractivity contribution is -0.132. The standard InChI is InChI=1S/C12H11BrClNO3/c1-15(2)6-9(12(17)18)11(16)8-4-3-7(13)5-10(8)14/h3-6H,1-2H3,(H,17,18)/b9-6-. The van der Waals surface area contributed by atoms with Crippen molar-refractivity contribution < 1.29 is 14.7 Å². The summed E-state index contributed by atoms with van der Waals surface area (Å²) in [4.78, 5) is 24.6. The Morgan fingerprint density at radius 1 is 1.39 bits per heavy atom. The summed E-state index contributed by atoms with van der Waals surface area (Å²) in [5.41, 5.74) is -0.167. The summed E-state index contributed by atoms with van der Waals surface area (Å²) in [6.07, 6.45) is 1.25. The zero-order valence-electron chi connectivity index (χ0n) is 9.78. The number of carboxylic acid groups (broad SMARTS) is 1. The molecule has 0 heterocycles. The molecule has 6 heteroatoms. The fourth-order valence-corrected chi connectivity index (χ4v) is 2.05. The van der Waals surface area contributed by atoms with E-state index in [1.54, 1.807) is 26.2 Å². The zero-order chi connectivity index (χ0) is 13.9. The molecule has 0 unspecified atom stereocenters. The number of carboxylic acids is 1. The van der Waals surface area contributed by atoms with E-state index in [2.05, 4.69) is 15.9 Å². The van der Waals surface area contributed by atoms with Crippen molar-refractivity contribution >= 4 is 39.3 Å². The maximum Gasteiger partial charge on any atom is 0.341 e. The van der Waals surface area contributed by atoms with Gasteiger partial charge in [0.1, 0.15) is 5.57 Å². The highest BCUT2D eigenvalue weighted by atomic mass is 79.9. The van der Waals surface area contributed by atoms with Crippen molar-refractivity contribution in [2.45, 2.75) is 0 Å². The molecule has 0 aromatic heterocycles. The van der Waals surface area contributed by atoms with E-state index in [4.69, 9.17) is 16.7 Å². The Kier molecular flexibility index (Phi) is 4.93. The smallest absolute Gasteiger partial charge is 0.341 e. The highest BCUT2D eigenvalue weighted by Gasteiger charge is 2.21. The van der Waals surface area contributed by atoms with Crippen LogP contribution in [0.5, 0.6) is 0 Å². The number of hydrogen-bond donors (Lipinski definition) is 1. The molecule has 0 bridgehead atoms. The van der Waals surface area contributed by atoms with Gasteiger partial charge in [-0.25, -0.2) is 4.79 Å². The molecule has 1 aromatic carbocycles. The average Bonchev–Trinajstić information content (AvgIpc) is 2.24. The normalized spacial score (nSPS) is 11.2. The minimum absolute atomic E-state index is 0.162. The van der Waals surface area contributed by atoms with Gasteiger partial charge in [-0.05, 0) is 18.2 Å². The summed E-state index contributed by atoms with van der Waals surface area (Å²) in [7, 11) is 3.28. The van der Waals surface area contributed by atoms with Crippen LogP contribution in [0.25, 0.3) is 0 Å².